The first-order chi connectivity index (χ1) is 13.6. The Morgan fingerprint density at radius 2 is 1.82 bits per heavy atom. The van der Waals surface area contributed by atoms with Gasteiger partial charge in [-0.25, -0.2) is 0 Å². The van der Waals surface area contributed by atoms with Crippen molar-refractivity contribution in [1.29, 1.82) is 0 Å². The molecule has 0 saturated carbocycles. The highest BCUT2D eigenvalue weighted by atomic mass is 15.4. The Labute approximate surface area is 167 Å². The van der Waals surface area contributed by atoms with Gasteiger partial charge in [0.25, 0.3) is 0 Å². The van der Waals surface area contributed by atoms with Crippen LogP contribution in [0.5, 0.6) is 0 Å². The molecule has 0 radical (unpaired) electrons. The molecule has 2 heterocycles. The van der Waals surface area contributed by atoms with Crippen molar-refractivity contribution in [2.24, 2.45) is 0 Å². The van der Waals surface area contributed by atoms with Crippen molar-refractivity contribution < 1.29 is 0 Å². The van der Waals surface area contributed by atoms with E-state index in [-0.39, 0.29) is 11.7 Å². The van der Waals surface area contributed by atoms with Crippen molar-refractivity contribution in [2.45, 2.75) is 38.9 Å². The predicted octanol–water partition coefficient (Wildman–Crippen LogP) is 6.04. The lowest BCUT2D eigenvalue weighted by atomic mass is 9.70. The number of fused-ring (bicyclic) bond motifs is 6. The molecule has 2 unspecified atom stereocenters. The van der Waals surface area contributed by atoms with Crippen LogP contribution in [0.15, 0.2) is 90.3 Å². The van der Waals surface area contributed by atoms with Crippen LogP contribution in [-0.2, 0) is 0 Å². The number of benzene rings is 2. The lowest BCUT2D eigenvalue weighted by Gasteiger charge is -2.52. The van der Waals surface area contributed by atoms with Crippen LogP contribution in [0.4, 0.5) is 0 Å². The predicted molar refractivity (Wildman–Crippen MR) is 117 cm³/mol. The van der Waals surface area contributed by atoms with Gasteiger partial charge in [0, 0.05) is 11.8 Å². The molecule has 1 aliphatic carbocycles. The second kappa shape index (κ2) is 6.27. The van der Waals surface area contributed by atoms with Gasteiger partial charge in [-0.1, -0.05) is 72.3 Å². The van der Waals surface area contributed by atoms with E-state index < -0.39 is 0 Å². The minimum Gasteiger partial charge on any atom is -0.366 e. The summed E-state index contributed by atoms with van der Waals surface area (Å²) in [6.07, 6.45) is 10.3. The molecule has 2 aliphatic heterocycles. The zero-order valence-corrected chi connectivity index (χ0v) is 16.7. The third-order valence-electron chi connectivity index (χ3n) is 6.11. The molecule has 140 valence electrons. The van der Waals surface area contributed by atoms with Gasteiger partial charge >= 0.3 is 0 Å². The minimum absolute atomic E-state index is 0.0970. The topological polar surface area (TPSA) is 15.3 Å². The Morgan fingerprint density at radius 1 is 1.07 bits per heavy atom. The van der Waals surface area contributed by atoms with Crippen LogP contribution in [0.2, 0.25) is 0 Å². The van der Waals surface area contributed by atoms with Crippen LogP contribution in [-0.4, -0.2) is 10.4 Å². The van der Waals surface area contributed by atoms with Crippen LogP contribution >= 0.6 is 0 Å². The second-order valence-corrected chi connectivity index (χ2v) is 8.35. The van der Waals surface area contributed by atoms with Gasteiger partial charge in [-0.05, 0) is 55.5 Å². The molecule has 2 heteroatoms. The lowest BCUT2D eigenvalue weighted by molar-refractivity contribution is 0.147. The monoisotopic (exact) mass is 366 g/mol. The van der Waals surface area contributed by atoms with E-state index in [0.717, 1.165) is 6.42 Å². The summed E-state index contributed by atoms with van der Waals surface area (Å²) in [6.45, 7) is 6.74. The molecule has 1 N–H and O–H groups in total. The number of hydrogen-bond donors (Lipinski definition) is 1. The molecule has 3 aliphatic rings. The summed E-state index contributed by atoms with van der Waals surface area (Å²) in [4.78, 5) is 2.59. The molecule has 2 aromatic carbocycles. The van der Waals surface area contributed by atoms with Gasteiger partial charge in [-0.15, -0.1) is 0 Å². The Hall–Kier alpha value is -3.00. The summed E-state index contributed by atoms with van der Waals surface area (Å²) in [6, 6.07) is 19.7. The van der Waals surface area contributed by atoms with Crippen molar-refractivity contribution >= 4 is 11.1 Å². The van der Waals surface area contributed by atoms with Gasteiger partial charge in [-0.2, -0.15) is 0 Å². The van der Waals surface area contributed by atoms with Crippen molar-refractivity contribution in [3.05, 3.63) is 107 Å². The average Bonchev–Trinajstić information content (AvgIpc) is 3.12. The molecule has 5 rings (SSSR count). The maximum absolute atomic E-state index is 3.66. The summed E-state index contributed by atoms with van der Waals surface area (Å²) in [7, 11) is 0. The molecule has 28 heavy (non-hydrogen) atoms. The summed E-state index contributed by atoms with van der Waals surface area (Å²) in [5.41, 5.74) is 9.26. The third kappa shape index (κ3) is 2.41. The molecule has 0 aromatic heterocycles. The highest BCUT2D eigenvalue weighted by Crippen LogP contribution is 2.54. The number of nitrogens with zero attached hydrogens (tertiary/aromatic N) is 1. The van der Waals surface area contributed by atoms with E-state index >= 15 is 0 Å². The summed E-state index contributed by atoms with van der Waals surface area (Å²) < 4.78 is 0. The maximum Gasteiger partial charge on any atom is 0.126 e. The molecule has 2 aromatic rings. The van der Waals surface area contributed by atoms with Crippen LogP contribution in [0.25, 0.3) is 11.1 Å². The van der Waals surface area contributed by atoms with Crippen LogP contribution in [0, 0.1) is 0 Å². The van der Waals surface area contributed by atoms with Crippen molar-refractivity contribution in [1.82, 2.24) is 10.2 Å². The minimum atomic E-state index is -0.0970. The third-order valence-corrected chi connectivity index (χ3v) is 6.11. The normalized spacial score (nSPS) is 24.8. The Balaban J connectivity index is 1.81. The largest absolute Gasteiger partial charge is 0.366 e. The standard InChI is InChI=1S/C26H26N2/c1-18(2)16-20-17-27-25-23-13-8-7-12-22(23)24-21(19-10-5-4-6-11-19)14-9-15-26(24,3)28(20)25/h4-14,16-17,25,27H,15H2,1-3H3. The van der Waals surface area contributed by atoms with Crippen LogP contribution in [0.1, 0.15) is 50.0 Å². The van der Waals surface area contributed by atoms with E-state index in [1.54, 1.807) is 0 Å². The van der Waals surface area contributed by atoms with Gasteiger partial charge in [0.05, 0.1) is 11.2 Å². The molecule has 0 saturated heterocycles. The van der Waals surface area contributed by atoms with E-state index in [1.807, 2.05) is 0 Å². The average molecular weight is 367 g/mol. The van der Waals surface area contributed by atoms with E-state index in [4.69, 9.17) is 0 Å². The molecule has 0 fully saturated rings. The smallest absolute Gasteiger partial charge is 0.126 e. The van der Waals surface area contributed by atoms with Gasteiger partial charge in [0.2, 0.25) is 0 Å². The first-order valence-electron chi connectivity index (χ1n) is 10.1. The number of rotatable bonds is 2. The molecule has 2 nitrogen and oxygen atoms in total. The zero-order valence-electron chi connectivity index (χ0n) is 16.7. The fourth-order valence-corrected chi connectivity index (χ4v) is 5.02. The van der Waals surface area contributed by atoms with E-state index in [1.165, 1.54) is 39.1 Å². The fraction of sp³-hybridized carbons (Fsp3) is 0.231. The maximum atomic E-state index is 3.66. The number of hydrogen-bond acceptors (Lipinski definition) is 2. The highest BCUT2D eigenvalue weighted by molar-refractivity contribution is 6.01. The Kier molecular flexibility index (Phi) is 3.83. The number of allylic oxidation sites excluding steroid dienone is 4. The van der Waals surface area contributed by atoms with Gasteiger partial charge in [0.1, 0.15) is 6.17 Å². The first-order valence-corrected chi connectivity index (χ1v) is 10.1. The molecular weight excluding hydrogens is 340 g/mol. The second-order valence-electron chi connectivity index (χ2n) is 8.35. The highest BCUT2D eigenvalue weighted by Gasteiger charge is 2.49. The van der Waals surface area contributed by atoms with E-state index in [0.29, 0.717) is 0 Å². The summed E-state index contributed by atoms with van der Waals surface area (Å²) in [5, 5.41) is 3.66. The lowest BCUT2D eigenvalue weighted by Crippen LogP contribution is -2.52. The quantitative estimate of drug-likeness (QED) is 0.697. The van der Waals surface area contributed by atoms with Crippen LogP contribution < -0.4 is 5.32 Å². The fourth-order valence-electron chi connectivity index (χ4n) is 5.02. The summed E-state index contributed by atoms with van der Waals surface area (Å²) in [5.74, 6) is 0. The molecule has 2 atom stereocenters. The van der Waals surface area contributed by atoms with Crippen molar-refractivity contribution in [2.75, 3.05) is 0 Å². The summed E-state index contributed by atoms with van der Waals surface area (Å²) >= 11 is 0. The van der Waals surface area contributed by atoms with Gasteiger partial charge < -0.3 is 10.2 Å². The Morgan fingerprint density at radius 3 is 2.61 bits per heavy atom. The molecule has 0 bridgehead atoms. The van der Waals surface area contributed by atoms with Gasteiger partial charge in [0.15, 0.2) is 0 Å². The van der Waals surface area contributed by atoms with Crippen molar-refractivity contribution in [3.8, 4) is 0 Å². The first kappa shape index (κ1) is 17.1. The Bertz CT molecular complexity index is 1050. The van der Waals surface area contributed by atoms with Gasteiger partial charge in [-0.3, -0.25) is 0 Å². The van der Waals surface area contributed by atoms with E-state index in [9.17, 15) is 0 Å². The van der Waals surface area contributed by atoms with E-state index in [2.05, 4.69) is 110 Å². The molecular formula is C26H26N2. The molecule has 0 amide bonds. The number of nitrogens with one attached hydrogen (secondary N) is 1. The SMILES string of the molecule is CC(C)=CC1=CNC2c3ccccc3C3=C(c4ccccc4)C=CCC3(C)N12. The van der Waals surface area contributed by atoms with Crippen LogP contribution in [0.3, 0.4) is 0 Å². The zero-order chi connectivity index (χ0) is 19.3. The van der Waals surface area contributed by atoms with Crippen molar-refractivity contribution in [3.63, 3.8) is 0 Å². The molecule has 0 spiro atoms.